The van der Waals surface area contributed by atoms with E-state index in [2.05, 4.69) is 12.3 Å². The SMILES string of the molecule is C[n+]1cccc(C2SCC(=O)N2c2ccc(Cl)cc2)c1. The second kappa shape index (κ2) is 5.46. The van der Waals surface area contributed by atoms with Gasteiger partial charge in [0.05, 0.1) is 5.75 Å². The third-order valence-electron chi connectivity index (χ3n) is 3.22. The molecule has 2 heterocycles. The van der Waals surface area contributed by atoms with Crippen LogP contribution in [0.5, 0.6) is 0 Å². The molecule has 1 atom stereocenters. The fourth-order valence-electron chi connectivity index (χ4n) is 2.31. The number of rotatable bonds is 2. The van der Waals surface area contributed by atoms with Crippen LogP contribution >= 0.6 is 23.4 Å². The van der Waals surface area contributed by atoms with Gasteiger partial charge in [0.1, 0.15) is 12.4 Å². The normalized spacial score (nSPS) is 18.6. The summed E-state index contributed by atoms with van der Waals surface area (Å²) in [5, 5.41) is 0.701. The number of anilines is 1. The summed E-state index contributed by atoms with van der Waals surface area (Å²) in [4.78, 5) is 14.0. The van der Waals surface area contributed by atoms with Crippen LogP contribution in [-0.2, 0) is 11.8 Å². The zero-order valence-electron chi connectivity index (χ0n) is 11.0. The van der Waals surface area contributed by atoms with Crippen molar-refractivity contribution in [2.24, 2.45) is 7.05 Å². The van der Waals surface area contributed by atoms with Gasteiger partial charge in [-0.1, -0.05) is 11.6 Å². The number of halogens is 1. The molecule has 1 aliphatic rings. The average molecular weight is 306 g/mol. The maximum atomic E-state index is 12.2. The molecule has 0 aliphatic carbocycles. The van der Waals surface area contributed by atoms with Gasteiger partial charge in [-0.05, 0) is 30.3 Å². The summed E-state index contributed by atoms with van der Waals surface area (Å²) in [6.45, 7) is 0. The molecule has 0 N–H and O–H groups in total. The maximum absolute atomic E-state index is 12.2. The van der Waals surface area contributed by atoms with E-state index in [4.69, 9.17) is 11.6 Å². The Bertz CT molecular complexity index is 645. The van der Waals surface area contributed by atoms with Crippen LogP contribution in [0.2, 0.25) is 5.02 Å². The zero-order valence-corrected chi connectivity index (χ0v) is 12.6. The number of aromatic nitrogens is 1. The van der Waals surface area contributed by atoms with Gasteiger partial charge in [-0.3, -0.25) is 9.69 Å². The second-order valence-electron chi connectivity index (χ2n) is 4.71. The first-order valence-corrected chi connectivity index (χ1v) is 7.72. The van der Waals surface area contributed by atoms with Crippen molar-refractivity contribution in [2.75, 3.05) is 10.7 Å². The van der Waals surface area contributed by atoms with E-state index in [9.17, 15) is 4.79 Å². The van der Waals surface area contributed by atoms with E-state index in [1.54, 1.807) is 11.8 Å². The summed E-state index contributed by atoms with van der Waals surface area (Å²) in [5.41, 5.74) is 2.02. The van der Waals surface area contributed by atoms with Gasteiger partial charge >= 0.3 is 0 Å². The molecule has 5 heteroatoms. The highest BCUT2D eigenvalue weighted by molar-refractivity contribution is 8.00. The molecule has 20 heavy (non-hydrogen) atoms. The first-order chi connectivity index (χ1) is 9.65. The number of benzene rings is 1. The van der Waals surface area contributed by atoms with E-state index in [1.165, 1.54) is 0 Å². The molecule has 0 spiro atoms. The first kappa shape index (κ1) is 13.5. The smallest absolute Gasteiger partial charge is 0.238 e. The predicted molar refractivity (Wildman–Crippen MR) is 81.8 cm³/mol. The van der Waals surface area contributed by atoms with Crippen molar-refractivity contribution in [1.82, 2.24) is 0 Å². The molecule has 1 aromatic carbocycles. The Morgan fingerprint density at radius 1 is 1.30 bits per heavy atom. The first-order valence-electron chi connectivity index (χ1n) is 6.29. The standard InChI is InChI=1S/C15H14ClN2OS/c1-17-8-2-3-11(9-17)15-18(14(19)10-20-15)13-6-4-12(16)5-7-13/h2-9,15H,10H2,1H3/q+1. The monoisotopic (exact) mass is 305 g/mol. The molecular weight excluding hydrogens is 292 g/mol. The third kappa shape index (κ3) is 2.53. The van der Waals surface area contributed by atoms with E-state index in [-0.39, 0.29) is 11.3 Å². The van der Waals surface area contributed by atoms with E-state index in [1.807, 2.05) is 53.0 Å². The van der Waals surface area contributed by atoms with Crippen molar-refractivity contribution < 1.29 is 9.36 Å². The number of hydrogen-bond acceptors (Lipinski definition) is 2. The molecule has 1 aromatic heterocycles. The van der Waals surface area contributed by atoms with Crippen LogP contribution in [0.4, 0.5) is 5.69 Å². The lowest BCUT2D eigenvalue weighted by Crippen LogP contribution is -2.31. The van der Waals surface area contributed by atoms with Crippen molar-refractivity contribution in [1.29, 1.82) is 0 Å². The summed E-state index contributed by atoms with van der Waals surface area (Å²) in [7, 11) is 1.98. The lowest BCUT2D eigenvalue weighted by Gasteiger charge is -2.23. The molecule has 1 amide bonds. The number of nitrogens with zero attached hydrogens (tertiary/aromatic N) is 2. The van der Waals surface area contributed by atoms with E-state index >= 15 is 0 Å². The summed E-state index contributed by atoms with van der Waals surface area (Å²) >= 11 is 7.57. The van der Waals surface area contributed by atoms with Crippen LogP contribution in [0.15, 0.2) is 48.8 Å². The Labute approximate surface area is 127 Å². The fraction of sp³-hybridized carbons (Fsp3) is 0.200. The lowest BCUT2D eigenvalue weighted by molar-refractivity contribution is -0.671. The Morgan fingerprint density at radius 3 is 2.75 bits per heavy atom. The molecule has 1 unspecified atom stereocenters. The van der Waals surface area contributed by atoms with E-state index in [0.717, 1.165) is 11.3 Å². The van der Waals surface area contributed by atoms with Gasteiger partial charge in [-0.2, -0.15) is 0 Å². The highest BCUT2D eigenvalue weighted by Gasteiger charge is 2.35. The largest absolute Gasteiger partial charge is 0.295 e. The van der Waals surface area contributed by atoms with Crippen LogP contribution < -0.4 is 9.47 Å². The van der Waals surface area contributed by atoms with Crippen LogP contribution in [-0.4, -0.2) is 11.7 Å². The third-order valence-corrected chi connectivity index (χ3v) is 4.68. The van der Waals surface area contributed by atoms with Crippen LogP contribution in [0.3, 0.4) is 0 Å². The molecular formula is C15H14ClN2OS+. The Hall–Kier alpha value is -1.52. The second-order valence-corrected chi connectivity index (χ2v) is 6.21. The molecule has 1 saturated heterocycles. The number of aryl methyl sites for hydroxylation is 1. The van der Waals surface area contributed by atoms with Gasteiger partial charge in [0.15, 0.2) is 12.4 Å². The molecule has 2 aromatic rings. The quantitative estimate of drug-likeness (QED) is 0.797. The van der Waals surface area contributed by atoms with Crippen LogP contribution in [0, 0.1) is 0 Å². The van der Waals surface area contributed by atoms with E-state index in [0.29, 0.717) is 10.8 Å². The van der Waals surface area contributed by atoms with Gasteiger partial charge in [-0.15, -0.1) is 11.8 Å². The molecule has 0 bridgehead atoms. The number of amides is 1. The molecule has 0 radical (unpaired) electrons. The van der Waals surface area contributed by atoms with E-state index < -0.39 is 0 Å². The zero-order chi connectivity index (χ0) is 14.1. The summed E-state index contributed by atoms with van der Waals surface area (Å²) in [6.07, 6.45) is 4.04. The highest BCUT2D eigenvalue weighted by atomic mass is 35.5. The number of carbonyl (C=O) groups excluding carboxylic acids is 1. The van der Waals surface area contributed by atoms with Crippen molar-refractivity contribution in [3.63, 3.8) is 0 Å². The number of hydrogen-bond donors (Lipinski definition) is 0. The predicted octanol–water partition coefficient (Wildman–Crippen LogP) is 2.94. The van der Waals surface area contributed by atoms with Crippen molar-refractivity contribution in [3.8, 4) is 0 Å². The molecule has 1 aliphatic heterocycles. The summed E-state index contributed by atoms with van der Waals surface area (Å²) in [6, 6.07) is 11.5. The molecule has 0 saturated carbocycles. The minimum absolute atomic E-state index is 0.0241. The van der Waals surface area contributed by atoms with Gasteiger partial charge < -0.3 is 0 Å². The molecule has 102 valence electrons. The lowest BCUT2D eigenvalue weighted by atomic mass is 10.2. The number of carbonyl (C=O) groups is 1. The van der Waals surface area contributed by atoms with Crippen LogP contribution in [0.1, 0.15) is 10.9 Å². The molecule has 3 nitrogen and oxygen atoms in total. The van der Waals surface area contributed by atoms with Crippen LogP contribution in [0.25, 0.3) is 0 Å². The maximum Gasteiger partial charge on any atom is 0.238 e. The van der Waals surface area contributed by atoms with Crippen molar-refractivity contribution >= 4 is 35.0 Å². The average Bonchev–Trinajstić information content (AvgIpc) is 2.82. The Balaban J connectivity index is 1.98. The Kier molecular flexibility index (Phi) is 3.68. The van der Waals surface area contributed by atoms with Crippen molar-refractivity contribution in [2.45, 2.75) is 5.37 Å². The van der Waals surface area contributed by atoms with Gasteiger partial charge in [0.2, 0.25) is 5.91 Å². The fourth-order valence-corrected chi connectivity index (χ4v) is 3.59. The summed E-state index contributed by atoms with van der Waals surface area (Å²) < 4.78 is 2.00. The Morgan fingerprint density at radius 2 is 2.05 bits per heavy atom. The minimum Gasteiger partial charge on any atom is -0.295 e. The highest BCUT2D eigenvalue weighted by Crippen LogP contribution is 2.41. The van der Waals surface area contributed by atoms with Crippen molar-refractivity contribution in [3.05, 3.63) is 59.4 Å². The van der Waals surface area contributed by atoms with Gasteiger partial charge in [0.25, 0.3) is 0 Å². The van der Waals surface area contributed by atoms with Gasteiger partial charge in [-0.25, -0.2) is 4.57 Å². The number of pyridine rings is 1. The molecule has 3 rings (SSSR count). The minimum atomic E-state index is 0.0241. The topological polar surface area (TPSA) is 24.2 Å². The number of thioether (sulfide) groups is 1. The molecule has 1 fully saturated rings. The summed E-state index contributed by atoms with van der Waals surface area (Å²) in [5.74, 6) is 0.639. The van der Waals surface area contributed by atoms with Gasteiger partial charge in [0, 0.05) is 22.3 Å².